The van der Waals surface area contributed by atoms with Crippen molar-refractivity contribution in [2.45, 2.75) is 24.6 Å². The zero-order valence-corrected chi connectivity index (χ0v) is 16.1. The predicted octanol–water partition coefficient (Wildman–Crippen LogP) is 2.55. The number of rotatable bonds is 5. The van der Waals surface area contributed by atoms with Gasteiger partial charge in [0.2, 0.25) is 15.9 Å². The maximum Gasteiger partial charge on any atom is 0.247 e. The van der Waals surface area contributed by atoms with Crippen molar-refractivity contribution in [1.82, 2.24) is 4.31 Å². The number of amides is 1. The molecule has 27 heavy (non-hydrogen) atoms. The van der Waals surface area contributed by atoms with E-state index in [1.54, 1.807) is 19.2 Å². The first-order valence-electron chi connectivity index (χ1n) is 8.88. The van der Waals surface area contributed by atoms with Crippen molar-refractivity contribution in [3.05, 3.63) is 59.7 Å². The Bertz CT molecular complexity index is 990. The Kier molecular flexibility index (Phi) is 4.24. The quantitative estimate of drug-likeness (QED) is 0.857. The fourth-order valence-electron chi connectivity index (χ4n) is 3.87. The SMILES string of the molecule is COc1ccc(NC(=O)[C@@]23C[C@@H]2CN(Cc2ccccc2)S3(=O)=O)c(C)c1. The number of hydrogen-bond acceptors (Lipinski definition) is 4. The van der Waals surface area contributed by atoms with Crippen molar-refractivity contribution >= 4 is 21.6 Å². The second kappa shape index (κ2) is 6.35. The van der Waals surface area contributed by atoms with Crippen molar-refractivity contribution in [3.63, 3.8) is 0 Å². The third-order valence-corrected chi connectivity index (χ3v) is 8.11. The fraction of sp³-hybridized carbons (Fsp3) is 0.350. The van der Waals surface area contributed by atoms with E-state index in [1.807, 2.05) is 43.3 Å². The number of aryl methyl sites for hydroxylation is 1. The number of benzene rings is 2. The summed E-state index contributed by atoms with van der Waals surface area (Å²) in [6.07, 6.45) is 0.391. The minimum absolute atomic E-state index is 0.148. The van der Waals surface area contributed by atoms with Gasteiger partial charge in [0.1, 0.15) is 5.75 Å². The summed E-state index contributed by atoms with van der Waals surface area (Å²) in [7, 11) is -2.12. The average molecular weight is 386 g/mol. The van der Waals surface area contributed by atoms with Gasteiger partial charge in [-0.15, -0.1) is 0 Å². The van der Waals surface area contributed by atoms with Gasteiger partial charge < -0.3 is 10.1 Å². The van der Waals surface area contributed by atoms with E-state index >= 15 is 0 Å². The van der Waals surface area contributed by atoms with Crippen LogP contribution < -0.4 is 10.1 Å². The lowest BCUT2D eigenvalue weighted by Crippen LogP contribution is -2.42. The molecule has 0 radical (unpaired) electrons. The van der Waals surface area contributed by atoms with E-state index in [1.165, 1.54) is 4.31 Å². The highest BCUT2D eigenvalue weighted by Crippen LogP contribution is 2.58. The molecule has 2 fully saturated rings. The lowest BCUT2D eigenvalue weighted by molar-refractivity contribution is -0.116. The Balaban J connectivity index is 1.55. The Morgan fingerprint density at radius 3 is 2.67 bits per heavy atom. The van der Waals surface area contributed by atoms with Crippen LogP contribution in [0, 0.1) is 12.8 Å². The van der Waals surface area contributed by atoms with Gasteiger partial charge in [-0.05, 0) is 42.7 Å². The van der Waals surface area contributed by atoms with Gasteiger partial charge in [-0.25, -0.2) is 8.42 Å². The molecule has 1 aliphatic carbocycles. The van der Waals surface area contributed by atoms with E-state index in [0.29, 0.717) is 30.9 Å². The Labute approximate surface area is 159 Å². The Hall–Kier alpha value is -2.38. The second-order valence-electron chi connectivity index (χ2n) is 7.21. The molecule has 1 amide bonds. The summed E-state index contributed by atoms with van der Waals surface area (Å²) in [5.41, 5.74) is 2.36. The van der Waals surface area contributed by atoms with Crippen molar-refractivity contribution in [3.8, 4) is 5.75 Å². The molecule has 2 atom stereocenters. The summed E-state index contributed by atoms with van der Waals surface area (Å²) in [5.74, 6) is 0.108. The van der Waals surface area contributed by atoms with Gasteiger partial charge in [-0.3, -0.25) is 4.79 Å². The van der Waals surface area contributed by atoms with Gasteiger partial charge in [0.05, 0.1) is 7.11 Å². The molecule has 1 aliphatic heterocycles. The molecule has 1 N–H and O–H groups in total. The van der Waals surface area contributed by atoms with Crippen LogP contribution in [0.15, 0.2) is 48.5 Å². The van der Waals surface area contributed by atoms with Crippen molar-refractivity contribution in [2.24, 2.45) is 5.92 Å². The van der Waals surface area contributed by atoms with E-state index in [4.69, 9.17) is 4.74 Å². The molecule has 6 nitrogen and oxygen atoms in total. The zero-order valence-electron chi connectivity index (χ0n) is 15.3. The van der Waals surface area contributed by atoms with E-state index in [0.717, 1.165) is 11.1 Å². The maximum absolute atomic E-state index is 13.1. The summed E-state index contributed by atoms with van der Waals surface area (Å²) < 4.78 is 31.5. The van der Waals surface area contributed by atoms with E-state index in [9.17, 15) is 13.2 Å². The first kappa shape index (κ1) is 18.0. The molecule has 2 aromatic carbocycles. The number of fused-ring (bicyclic) bond motifs is 1. The minimum atomic E-state index is -3.70. The molecule has 1 saturated heterocycles. The molecule has 4 rings (SSSR count). The number of carbonyl (C=O) groups is 1. The lowest BCUT2D eigenvalue weighted by Gasteiger charge is -2.21. The molecule has 1 heterocycles. The van der Waals surface area contributed by atoms with Gasteiger partial charge in [0.25, 0.3) is 0 Å². The zero-order chi connectivity index (χ0) is 19.2. The molecule has 2 aromatic rings. The number of sulfonamides is 1. The van der Waals surface area contributed by atoms with Crippen molar-refractivity contribution in [2.75, 3.05) is 19.0 Å². The third kappa shape index (κ3) is 2.82. The Morgan fingerprint density at radius 2 is 2.00 bits per heavy atom. The standard InChI is InChI=1S/C20H22N2O4S/c1-14-10-17(26-2)8-9-18(14)21-19(23)20-11-16(20)13-22(27(20,24)25)12-15-6-4-3-5-7-15/h3-10,16H,11-13H2,1-2H3,(H,21,23)/t16-,20-/m1/s1. The molecular formula is C20H22N2O4S. The van der Waals surface area contributed by atoms with E-state index < -0.39 is 20.7 Å². The number of ether oxygens (including phenoxy) is 1. The molecule has 0 unspecified atom stereocenters. The number of nitrogens with one attached hydrogen (secondary N) is 1. The molecule has 1 saturated carbocycles. The molecule has 142 valence electrons. The first-order chi connectivity index (χ1) is 12.9. The number of hydrogen-bond donors (Lipinski definition) is 1. The van der Waals surface area contributed by atoms with Crippen LogP contribution in [0.4, 0.5) is 5.69 Å². The molecule has 7 heteroatoms. The number of carbonyl (C=O) groups excluding carboxylic acids is 1. The summed E-state index contributed by atoms with van der Waals surface area (Å²) in [5, 5.41) is 2.83. The normalized spacial score (nSPS) is 25.6. The number of nitrogens with zero attached hydrogens (tertiary/aromatic N) is 1. The minimum Gasteiger partial charge on any atom is -0.497 e. The fourth-order valence-corrected chi connectivity index (χ4v) is 6.22. The summed E-state index contributed by atoms with van der Waals surface area (Å²) in [6, 6.07) is 14.7. The maximum atomic E-state index is 13.1. The highest BCUT2D eigenvalue weighted by atomic mass is 32.2. The van der Waals surface area contributed by atoms with Crippen LogP contribution in [-0.4, -0.2) is 37.0 Å². The van der Waals surface area contributed by atoms with Crippen LogP contribution in [0.3, 0.4) is 0 Å². The summed E-state index contributed by atoms with van der Waals surface area (Å²) in [6.45, 7) is 2.55. The highest BCUT2D eigenvalue weighted by Gasteiger charge is 2.75. The monoisotopic (exact) mass is 386 g/mol. The van der Waals surface area contributed by atoms with E-state index in [-0.39, 0.29) is 5.92 Å². The Morgan fingerprint density at radius 1 is 1.26 bits per heavy atom. The van der Waals surface area contributed by atoms with Crippen LogP contribution in [0.25, 0.3) is 0 Å². The van der Waals surface area contributed by atoms with Gasteiger partial charge >= 0.3 is 0 Å². The van der Waals surface area contributed by atoms with Crippen LogP contribution in [0.5, 0.6) is 5.75 Å². The van der Waals surface area contributed by atoms with Crippen LogP contribution in [0.2, 0.25) is 0 Å². The first-order valence-corrected chi connectivity index (χ1v) is 10.3. The number of anilines is 1. The van der Waals surface area contributed by atoms with Crippen LogP contribution in [0.1, 0.15) is 17.5 Å². The van der Waals surface area contributed by atoms with Crippen LogP contribution in [-0.2, 0) is 21.4 Å². The van der Waals surface area contributed by atoms with E-state index in [2.05, 4.69) is 5.32 Å². The molecule has 0 aromatic heterocycles. The molecule has 2 aliphatic rings. The molecular weight excluding hydrogens is 364 g/mol. The molecule has 0 spiro atoms. The average Bonchev–Trinajstić information content (AvgIpc) is 3.35. The topological polar surface area (TPSA) is 75.7 Å². The van der Waals surface area contributed by atoms with Gasteiger partial charge in [0, 0.05) is 24.7 Å². The van der Waals surface area contributed by atoms with Gasteiger partial charge in [-0.1, -0.05) is 30.3 Å². The van der Waals surface area contributed by atoms with Crippen molar-refractivity contribution < 1.29 is 17.9 Å². The number of methoxy groups -OCH3 is 1. The van der Waals surface area contributed by atoms with Gasteiger partial charge in [0.15, 0.2) is 4.75 Å². The third-order valence-electron chi connectivity index (χ3n) is 5.54. The lowest BCUT2D eigenvalue weighted by atomic mass is 10.1. The van der Waals surface area contributed by atoms with Crippen molar-refractivity contribution in [1.29, 1.82) is 0 Å². The smallest absolute Gasteiger partial charge is 0.247 e. The summed E-state index contributed by atoms with van der Waals surface area (Å²) >= 11 is 0. The summed E-state index contributed by atoms with van der Waals surface area (Å²) in [4.78, 5) is 13.0. The second-order valence-corrected chi connectivity index (χ2v) is 9.40. The largest absolute Gasteiger partial charge is 0.497 e. The molecule has 0 bridgehead atoms. The van der Waals surface area contributed by atoms with Crippen LogP contribution >= 0.6 is 0 Å². The highest BCUT2D eigenvalue weighted by molar-refractivity contribution is 7.92. The predicted molar refractivity (Wildman–Crippen MR) is 103 cm³/mol. The van der Waals surface area contributed by atoms with Gasteiger partial charge in [-0.2, -0.15) is 4.31 Å².